The van der Waals surface area contributed by atoms with E-state index in [9.17, 15) is 5.11 Å². The van der Waals surface area contributed by atoms with Crippen LogP contribution in [0.2, 0.25) is 0 Å². The Hall–Kier alpha value is -1.02. The third-order valence-electron chi connectivity index (χ3n) is 3.64. The molecule has 0 aliphatic carbocycles. The first-order valence-corrected chi connectivity index (χ1v) is 7.60. The van der Waals surface area contributed by atoms with Crippen molar-refractivity contribution in [3.63, 3.8) is 0 Å². The summed E-state index contributed by atoms with van der Waals surface area (Å²) in [7, 11) is 0. The van der Waals surface area contributed by atoms with Crippen LogP contribution in [-0.2, 0) is 6.54 Å². The van der Waals surface area contributed by atoms with E-state index < -0.39 is 0 Å². The second-order valence-electron chi connectivity index (χ2n) is 4.74. The lowest BCUT2D eigenvalue weighted by atomic mass is 9.93. The van der Waals surface area contributed by atoms with E-state index in [1.165, 1.54) is 0 Å². The molecule has 2 N–H and O–H groups in total. The molecule has 1 aromatic rings. The number of terminal acetylenes is 1. The van der Waals surface area contributed by atoms with Gasteiger partial charge in [0.1, 0.15) is 12.4 Å². The second kappa shape index (κ2) is 8.31. The fraction of sp³-hybridized carbons (Fsp3) is 0.500. The number of nitrogens with one attached hydrogen (secondary N) is 1. The Labute approximate surface area is 129 Å². The fourth-order valence-corrected chi connectivity index (χ4v) is 2.42. The van der Waals surface area contributed by atoms with Crippen molar-refractivity contribution in [1.82, 2.24) is 5.32 Å². The van der Waals surface area contributed by atoms with Gasteiger partial charge in [-0.1, -0.05) is 35.7 Å². The number of aliphatic hydroxyl groups excluding tert-OH is 1. The van der Waals surface area contributed by atoms with E-state index in [-0.39, 0.29) is 18.8 Å². The minimum Gasteiger partial charge on any atom is -0.481 e. The van der Waals surface area contributed by atoms with Crippen molar-refractivity contribution in [3.8, 4) is 18.1 Å². The fourth-order valence-electron chi connectivity index (χ4n) is 2.01. The van der Waals surface area contributed by atoms with Crippen molar-refractivity contribution in [2.24, 2.45) is 0 Å². The Morgan fingerprint density at radius 3 is 2.65 bits per heavy atom. The topological polar surface area (TPSA) is 41.5 Å². The summed E-state index contributed by atoms with van der Waals surface area (Å²) in [6, 6.07) is 5.83. The van der Waals surface area contributed by atoms with Gasteiger partial charge in [-0.15, -0.1) is 6.42 Å². The van der Waals surface area contributed by atoms with Gasteiger partial charge in [-0.3, -0.25) is 0 Å². The highest BCUT2D eigenvalue weighted by atomic mass is 79.9. The minimum absolute atomic E-state index is 0.120. The summed E-state index contributed by atoms with van der Waals surface area (Å²) in [5.74, 6) is 3.25. The number of ether oxygens (including phenoxy) is 1. The maximum atomic E-state index is 9.59. The molecule has 0 saturated heterocycles. The maximum absolute atomic E-state index is 9.59. The number of hydrogen-bond donors (Lipinski definition) is 2. The Balaban J connectivity index is 2.85. The summed E-state index contributed by atoms with van der Waals surface area (Å²) >= 11 is 3.46. The van der Waals surface area contributed by atoms with Crippen molar-refractivity contribution >= 4 is 15.9 Å². The van der Waals surface area contributed by atoms with Crippen molar-refractivity contribution in [1.29, 1.82) is 0 Å². The molecule has 1 aromatic carbocycles. The molecule has 20 heavy (non-hydrogen) atoms. The molecule has 0 unspecified atom stereocenters. The van der Waals surface area contributed by atoms with Gasteiger partial charge in [-0.25, -0.2) is 0 Å². The molecule has 0 spiro atoms. The van der Waals surface area contributed by atoms with E-state index in [0.717, 1.165) is 28.6 Å². The second-order valence-corrected chi connectivity index (χ2v) is 5.66. The van der Waals surface area contributed by atoms with E-state index in [4.69, 9.17) is 11.2 Å². The largest absolute Gasteiger partial charge is 0.481 e. The van der Waals surface area contributed by atoms with Crippen LogP contribution in [0.15, 0.2) is 22.7 Å². The smallest absolute Gasteiger partial charge is 0.148 e. The van der Waals surface area contributed by atoms with Crippen LogP contribution in [0.1, 0.15) is 32.3 Å². The predicted octanol–water partition coefficient (Wildman–Crippen LogP) is 3.10. The van der Waals surface area contributed by atoms with Crippen LogP contribution in [0.4, 0.5) is 0 Å². The van der Waals surface area contributed by atoms with E-state index in [0.29, 0.717) is 6.54 Å². The highest BCUT2D eigenvalue weighted by Crippen LogP contribution is 2.24. The average molecular weight is 340 g/mol. The van der Waals surface area contributed by atoms with Crippen molar-refractivity contribution in [2.45, 2.75) is 38.8 Å². The Morgan fingerprint density at radius 2 is 2.10 bits per heavy atom. The van der Waals surface area contributed by atoms with Gasteiger partial charge in [0.15, 0.2) is 0 Å². The SMILES string of the molecule is C#CCOc1ccc(Br)cc1CNC(CC)(CC)CO. The Kier molecular flexibility index (Phi) is 7.08. The number of halogens is 1. The van der Waals surface area contributed by atoms with Gasteiger partial charge in [-0.05, 0) is 31.0 Å². The molecule has 110 valence electrons. The molecule has 4 heteroatoms. The van der Waals surface area contributed by atoms with E-state index >= 15 is 0 Å². The average Bonchev–Trinajstić information content (AvgIpc) is 2.48. The van der Waals surface area contributed by atoms with Gasteiger partial charge in [-0.2, -0.15) is 0 Å². The molecule has 0 heterocycles. The summed E-state index contributed by atoms with van der Waals surface area (Å²) in [6.45, 7) is 5.14. The van der Waals surface area contributed by atoms with E-state index in [2.05, 4.69) is 41.0 Å². The minimum atomic E-state index is -0.244. The lowest BCUT2D eigenvalue weighted by Crippen LogP contribution is -2.47. The van der Waals surface area contributed by atoms with Gasteiger partial charge in [0, 0.05) is 22.1 Å². The number of hydrogen-bond acceptors (Lipinski definition) is 3. The van der Waals surface area contributed by atoms with Crippen molar-refractivity contribution in [2.75, 3.05) is 13.2 Å². The van der Waals surface area contributed by atoms with Gasteiger partial charge in [0.25, 0.3) is 0 Å². The van der Waals surface area contributed by atoms with Crippen LogP contribution in [-0.4, -0.2) is 23.9 Å². The highest BCUT2D eigenvalue weighted by molar-refractivity contribution is 9.10. The molecule has 0 aromatic heterocycles. The molecular weight excluding hydrogens is 318 g/mol. The van der Waals surface area contributed by atoms with E-state index in [1.807, 2.05) is 18.2 Å². The molecule has 0 amide bonds. The summed E-state index contributed by atoms with van der Waals surface area (Å²) in [5, 5.41) is 13.0. The predicted molar refractivity (Wildman–Crippen MR) is 85.7 cm³/mol. The molecule has 0 saturated carbocycles. The van der Waals surface area contributed by atoms with Crippen LogP contribution in [0.3, 0.4) is 0 Å². The molecule has 0 atom stereocenters. The Bertz CT molecular complexity index is 456. The molecule has 3 nitrogen and oxygen atoms in total. The van der Waals surface area contributed by atoms with Crippen LogP contribution in [0.5, 0.6) is 5.75 Å². The summed E-state index contributed by atoms with van der Waals surface area (Å²) in [6.07, 6.45) is 6.97. The molecule has 0 aliphatic heterocycles. The molecule has 0 aliphatic rings. The molecule has 0 radical (unpaired) electrons. The van der Waals surface area contributed by atoms with Crippen LogP contribution in [0.25, 0.3) is 0 Å². The lowest BCUT2D eigenvalue weighted by molar-refractivity contribution is 0.149. The van der Waals surface area contributed by atoms with Gasteiger partial charge < -0.3 is 15.2 Å². The van der Waals surface area contributed by atoms with Crippen LogP contribution in [0, 0.1) is 12.3 Å². The van der Waals surface area contributed by atoms with Crippen LogP contribution >= 0.6 is 15.9 Å². The van der Waals surface area contributed by atoms with Gasteiger partial charge in [0.05, 0.1) is 6.61 Å². The van der Waals surface area contributed by atoms with E-state index in [1.54, 1.807) is 0 Å². The lowest BCUT2D eigenvalue weighted by Gasteiger charge is -2.31. The zero-order valence-electron chi connectivity index (χ0n) is 12.1. The molecular formula is C16H22BrNO2. The van der Waals surface area contributed by atoms with Gasteiger partial charge >= 0.3 is 0 Å². The number of aliphatic hydroxyl groups is 1. The third-order valence-corrected chi connectivity index (χ3v) is 4.14. The van der Waals surface area contributed by atoms with Crippen LogP contribution < -0.4 is 10.1 Å². The molecule has 0 fully saturated rings. The normalized spacial score (nSPS) is 11.2. The zero-order valence-corrected chi connectivity index (χ0v) is 13.7. The van der Waals surface area contributed by atoms with Gasteiger partial charge in [0.2, 0.25) is 0 Å². The monoisotopic (exact) mass is 339 g/mol. The van der Waals surface area contributed by atoms with Crippen molar-refractivity contribution in [3.05, 3.63) is 28.2 Å². The highest BCUT2D eigenvalue weighted by Gasteiger charge is 2.24. The first-order valence-electron chi connectivity index (χ1n) is 6.81. The first-order chi connectivity index (χ1) is 9.60. The number of rotatable bonds is 8. The third kappa shape index (κ3) is 4.52. The zero-order chi connectivity index (χ0) is 15.0. The standard InChI is InChI=1S/C16H22BrNO2/c1-4-9-20-15-8-7-14(17)10-13(15)11-18-16(5-2,6-3)12-19/h1,7-8,10,18-19H,5-6,9,11-12H2,2-3H3. The van der Waals surface area contributed by atoms with Crippen molar-refractivity contribution < 1.29 is 9.84 Å². The number of benzene rings is 1. The summed E-state index contributed by atoms with van der Waals surface area (Å²) in [4.78, 5) is 0. The first kappa shape index (κ1) is 17.0. The molecule has 1 rings (SSSR count). The summed E-state index contributed by atoms with van der Waals surface area (Å²) in [5.41, 5.74) is 0.778. The quantitative estimate of drug-likeness (QED) is 0.715. The Morgan fingerprint density at radius 1 is 1.40 bits per heavy atom. The maximum Gasteiger partial charge on any atom is 0.148 e. The summed E-state index contributed by atoms with van der Waals surface area (Å²) < 4.78 is 6.54. The molecule has 0 bridgehead atoms.